The zero-order valence-corrected chi connectivity index (χ0v) is 10.7. The average molecular weight is 267 g/mol. The van der Waals surface area contributed by atoms with Crippen molar-refractivity contribution in [2.24, 2.45) is 11.7 Å². The molecule has 1 unspecified atom stereocenters. The van der Waals surface area contributed by atoms with Crippen LogP contribution in [0.25, 0.3) is 0 Å². The van der Waals surface area contributed by atoms with Gasteiger partial charge in [0.05, 0.1) is 4.92 Å². The van der Waals surface area contributed by atoms with Gasteiger partial charge < -0.3 is 15.8 Å². The minimum atomic E-state index is -0.552. The van der Waals surface area contributed by atoms with Gasteiger partial charge in [0.2, 0.25) is 0 Å². The molecule has 0 heterocycles. The third kappa shape index (κ3) is 4.92. The molecule has 1 rings (SSSR count). The second-order valence-electron chi connectivity index (χ2n) is 4.16. The molecule has 3 N–H and O–H groups in total. The number of hydrogen-bond donors (Lipinski definition) is 2. The number of nitrogens with one attached hydrogen (secondary N) is 1. The lowest BCUT2D eigenvalue weighted by Gasteiger charge is -2.10. The fraction of sp³-hybridized carbons (Fsp3) is 0.417. The van der Waals surface area contributed by atoms with Crippen LogP contribution in [0.1, 0.15) is 6.92 Å². The topological polar surface area (TPSA) is 107 Å². The number of nitro groups is 1. The third-order valence-corrected chi connectivity index (χ3v) is 2.47. The molecule has 1 atom stereocenters. The van der Waals surface area contributed by atoms with E-state index in [0.29, 0.717) is 13.1 Å². The molecular formula is C12H17N3O4. The Morgan fingerprint density at radius 2 is 2.21 bits per heavy atom. The van der Waals surface area contributed by atoms with Gasteiger partial charge >= 0.3 is 5.69 Å². The van der Waals surface area contributed by atoms with Crippen molar-refractivity contribution in [2.45, 2.75) is 6.92 Å². The highest BCUT2D eigenvalue weighted by molar-refractivity contribution is 5.77. The number of nitrogens with two attached hydrogens (primary N) is 1. The number of carbonyl (C=O) groups excluding carboxylic acids is 1. The molecule has 0 bridgehead atoms. The van der Waals surface area contributed by atoms with Crippen molar-refractivity contribution in [3.05, 3.63) is 34.4 Å². The predicted octanol–water partition coefficient (Wildman–Crippen LogP) is 0.685. The fourth-order valence-corrected chi connectivity index (χ4v) is 1.30. The lowest BCUT2D eigenvalue weighted by molar-refractivity contribution is -0.385. The van der Waals surface area contributed by atoms with Crippen molar-refractivity contribution in [1.82, 2.24) is 5.32 Å². The zero-order valence-electron chi connectivity index (χ0n) is 10.7. The standard InChI is InChI=1S/C12H17N3O4/c1-9(6-13)7-14-12(16)8-19-11-5-3-2-4-10(11)15(17)18/h2-5,9H,6-8,13H2,1H3,(H,14,16). The van der Waals surface area contributed by atoms with Gasteiger partial charge in [-0.15, -0.1) is 0 Å². The highest BCUT2D eigenvalue weighted by Crippen LogP contribution is 2.25. The Labute approximate surface area is 110 Å². The van der Waals surface area contributed by atoms with Gasteiger partial charge in [0.15, 0.2) is 12.4 Å². The number of carbonyl (C=O) groups is 1. The largest absolute Gasteiger partial charge is 0.477 e. The van der Waals surface area contributed by atoms with Crippen molar-refractivity contribution in [3.63, 3.8) is 0 Å². The van der Waals surface area contributed by atoms with Crippen molar-refractivity contribution in [2.75, 3.05) is 19.7 Å². The Balaban J connectivity index is 2.48. The molecule has 1 aromatic rings. The van der Waals surface area contributed by atoms with Crippen LogP contribution in [0, 0.1) is 16.0 Å². The molecule has 0 aliphatic rings. The highest BCUT2D eigenvalue weighted by atomic mass is 16.6. The molecule has 0 saturated heterocycles. The Bertz CT molecular complexity index is 450. The fourth-order valence-electron chi connectivity index (χ4n) is 1.30. The molecule has 0 aliphatic heterocycles. The summed E-state index contributed by atoms with van der Waals surface area (Å²) in [5.41, 5.74) is 5.26. The van der Waals surface area contributed by atoms with Gasteiger partial charge in [0, 0.05) is 12.6 Å². The SMILES string of the molecule is CC(CN)CNC(=O)COc1ccccc1[N+](=O)[O-]. The van der Waals surface area contributed by atoms with E-state index in [-0.39, 0.29) is 29.9 Å². The first kappa shape index (κ1) is 14.9. The lowest BCUT2D eigenvalue weighted by atomic mass is 10.2. The minimum Gasteiger partial charge on any atom is -0.477 e. The molecule has 104 valence electrons. The summed E-state index contributed by atoms with van der Waals surface area (Å²) in [5.74, 6) is -0.0806. The molecule has 0 fully saturated rings. The number of nitrogens with zero attached hydrogens (tertiary/aromatic N) is 1. The molecule has 1 amide bonds. The van der Waals surface area contributed by atoms with E-state index in [4.69, 9.17) is 10.5 Å². The molecule has 1 aromatic carbocycles. The summed E-state index contributed by atoms with van der Waals surface area (Å²) < 4.78 is 5.14. The van der Waals surface area contributed by atoms with Crippen LogP contribution < -0.4 is 15.8 Å². The highest BCUT2D eigenvalue weighted by Gasteiger charge is 2.14. The number of hydrogen-bond acceptors (Lipinski definition) is 5. The van der Waals surface area contributed by atoms with E-state index in [1.54, 1.807) is 6.07 Å². The number of benzene rings is 1. The molecule has 0 aromatic heterocycles. The van der Waals surface area contributed by atoms with Gasteiger partial charge in [-0.25, -0.2) is 0 Å². The third-order valence-electron chi connectivity index (χ3n) is 2.47. The molecule has 0 radical (unpaired) electrons. The maximum atomic E-state index is 11.5. The number of ether oxygens (including phenoxy) is 1. The Morgan fingerprint density at radius 3 is 2.84 bits per heavy atom. The second kappa shape index (κ2) is 7.32. The van der Waals surface area contributed by atoms with Crippen LogP contribution in [-0.4, -0.2) is 30.5 Å². The summed E-state index contributed by atoms with van der Waals surface area (Å²) in [5, 5.41) is 13.4. The number of para-hydroxylation sites is 2. The van der Waals surface area contributed by atoms with E-state index in [0.717, 1.165) is 0 Å². The molecular weight excluding hydrogens is 250 g/mol. The Kier molecular flexibility index (Phi) is 5.74. The van der Waals surface area contributed by atoms with Crippen LogP contribution in [-0.2, 0) is 4.79 Å². The van der Waals surface area contributed by atoms with Gasteiger partial charge in [0.25, 0.3) is 5.91 Å². The summed E-state index contributed by atoms with van der Waals surface area (Å²) in [6, 6.07) is 5.92. The van der Waals surface area contributed by atoms with Crippen LogP contribution in [0.3, 0.4) is 0 Å². The summed E-state index contributed by atoms with van der Waals surface area (Å²) >= 11 is 0. The first-order valence-electron chi connectivity index (χ1n) is 5.87. The van der Waals surface area contributed by atoms with E-state index in [1.165, 1.54) is 18.2 Å². The molecule has 0 saturated carbocycles. The first-order chi connectivity index (χ1) is 9.04. The summed E-state index contributed by atoms with van der Waals surface area (Å²) in [6.07, 6.45) is 0. The van der Waals surface area contributed by atoms with Gasteiger partial charge in [-0.05, 0) is 18.5 Å². The Hall–Kier alpha value is -2.15. The first-order valence-corrected chi connectivity index (χ1v) is 5.87. The van der Waals surface area contributed by atoms with Crippen LogP contribution in [0.15, 0.2) is 24.3 Å². The van der Waals surface area contributed by atoms with Gasteiger partial charge in [-0.2, -0.15) is 0 Å². The van der Waals surface area contributed by atoms with E-state index in [9.17, 15) is 14.9 Å². The van der Waals surface area contributed by atoms with Crippen LogP contribution in [0.4, 0.5) is 5.69 Å². The van der Waals surface area contributed by atoms with E-state index in [1.807, 2.05) is 6.92 Å². The second-order valence-corrected chi connectivity index (χ2v) is 4.16. The molecule has 7 nitrogen and oxygen atoms in total. The normalized spacial score (nSPS) is 11.7. The van der Waals surface area contributed by atoms with Crippen molar-refractivity contribution in [1.29, 1.82) is 0 Å². The predicted molar refractivity (Wildman–Crippen MR) is 69.8 cm³/mol. The van der Waals surface area contributed by atoms with Crippen molar-refractivity contribution in [3.8, 4) is 5.75 Å². The van der Waals surface area contributed by atoms with Crippen LogP contribution in [0.2, 0.25) is 0 Å². The quantitative estimate of drug-likeness (QED) is 0.558. The maximum absolute atomic E-state index is 11.5. The number of rotatable bonds is 7. The average Bonchev–Trinajstić information content (AvgIpc) is 2.42. The minimum absolute atomic E-state index is 0.0783. The van der Waals surface area contributed by atoms with Gasteiger partial charge in [-0.3, -0.25) is 14.9 Å². The molecule has 19 heavy (non-hydrogen) atoms. The van der Waals surface area contributed by atoms with Crippen LogP contribution in [0.5, 0.6) is 5.75 Å². The molecule has 0 aliphatic carbocycles. The Morgan fingerprint density at radius 1 is 1.53 bits per heavy atom. The van der Waals surface area contributed by atoms with E-state index < -0.39 is 4.92 Å². The van der Waals surface area contributed by atoms with Crippen LogP contribution >= 0.6 is 0 Å². The van der Waals surface area contributed by atoms with Gasteiger partial charge in [-0.1, -0.05) is 19.1 Å². The van der Waals surface area contributed by atoms with Gasteiger partial charge in [0.1, 0.15) is 0 Å². The van der Waals surface area contributed by atoms with Crippen molar-refractivity contribution < 1.29 is 14.5 Å². The lowest BCUT2D eigenvalue weighted by Crippen LogP contribution is -2.34. The maximum Gasteiger partial charge on any atom is 0.310 e. The van der Waals surface area contributed by atoms with Crippen molar-refractivity contribution >= 4 is 11.6 Å². The van der Waals surface area contributed by atoms with E-state index >= 15 is 0 Å². The molecule has 7 heteroatoms. The number of nitro benzene ring substituents is 1. The summed E-state index contributed by atoms with van der Waals surface area (Å²) in [6.45, 7) is 2.58. The summed E-state index contributed by atoms with van der Waals surface area (Å²) in [4.78, 5) is 21.7. The monoisotopic (exact) mass is 267 g/mol. The number of amides is 1. The zero-order chi connectivity index (χ0) is 14.3. The summed E-state index contributed by atoms with van der Waals surface area (Å²) in [7, 11) is 0. The molecule has 0 spiro atoms. The van der Waals surface area contributed by atoms with E-state index in [2.05, 4.69) is 5.32 Å². The smallest absolute Gasteiger partial charge is 0.310 e.